The summed E-state index contributed by atoms with van der Waals surface area (Å²) in [6, 6.07) is 14.3. The van der Waals surface area contributed by atoms with E-state index in [4.69, 9.17) is 5.26 Å². The number of hydrogen-bond acceptors (Lipinski definition) is 2. The van der Waals surface area contributed by atoms with Gasteiger partial charge < -0.3 is 0 Å². The van der Waals surface area contributed by atoms with Crippen LogP contribution in [0.3, 0.4) is 0 Å². The van der Waals surface area contributed by atoms with Gasteiger partial charge in [-0.2, -0.15) is 10.5 Å². The average molecular weight is 238 g/mol. The summed E-state index contributed by atoms with van der Waals surface area (Å²) in [7, 11) is 0. The van der Waals surface area contributed by atoms with Gasteiger partial charge in [-0.05, 0) is 38.8 Å². The third-order valence-electron chi connectivity index (χ3n) is 2.83. The van der Waals surface area contributed by atoms with Crippen LogP contribution >= 0.6 is 0 Å². The average Bonchev–Trinajstić information content (AvgIpc) is 2.37. The molecular weight excluding hydrogens is 220 g/mol. The molecule has 92 valence electrons. The topological polar surface area (TPSA) is 47.6 Å². The van der Waals surface area contributed by atoms with E-state index in [1.54, 1.807) is 0 Å². The first-order chi connectivity index (χ1) is 8.32. The standard InChI is InChI=1S/C16H18N2/c1-15(2,11-17)10-14(16(3,4)12-18)13-8-6-5-7-9-13/h5-10H,1-4H3. The second kappa shape index (κ2) is 5.07. The Labute approximate surface area is 109 Å². The van der Waals surface area contributed by atoms with Gasteiger partial charge in [-0.3, -0.25) is 0 Å². The van der Waals surface area contributed by atoms with Gasteiger partial charge in [0.2, 0.25) is 0 Å². The van der Waals surface area contributed by atoms with Crippen molar-refractivity contribution in [2.75, 3.05) is 0 Å². The zero-order valence-electron chi connectivity index (χ0n) is 11.4. The minimum atomic E-state index is -0.616. The summed E-state index contributed by atoms with van der Waals surface area (Å²) in [6.45, 7) is 7.45. The van der Waals surface area contributed by atoms with Crippen LogP contribution in [0, 0.1) is 33.5 Å². The third-order valence-corrected chi connectivity index (χ3v) is 2.83. The van der Waals surface area contributed by atoms with E-state index in [9.17, 15) is 5.26 Å². The fourth-order valence-corrected chi connectivity index (χ4v) is 1.70. The van der Waals surface area contributed by atoms with Gasteiger partial charge in [-0.1, -0.05) is 36.4 Å². The minimum Gasteiger partial charge on any atom is -0.197 e. The van der Waals surface area contributed by atoms with Crippen LogP contribution in [0.2, 0.25) is 0 Å². The van der Waals surface area contributed by atoms with Gasteiger partial charge in [-0.15, -0.1) is 0 Å². The molecule has 0 amide bonds. The smallest absolute Gasteiger partial charge is 0.0769 e. The second-order valence-electron chi connectivity index (χ2n) is 5.49. The van der Waals surface area contributed by atoms with Gasteiger partial charge in [0.15, 0.2) is 0 Å². The predicted molar refractivity (Wildman–Crippen MR) is 73.2 cm³/mol. The van der Waals surface area contributed by atoms with Gasteiger partial charge in [0.1, 0.15) is 0 Å². The molecule has 0 aromatic heterocycles. The van der Waals surface area contributed by atoms with E-state index >= 15 is 0 Å². The first-order valence-corrected chi connectivity index (χ1v) is 5.94. The first-order valence-electron chi connectivity index (χ1n) is 5.94. The van der Waals surface area contributed by atoms with Gasteiger partial charge in [0.05, 0.1) is 23.0 Å². The van der Waals surface area contributed by atoms with Crippen molar-refractivity contribution in [3.8, 4) is 12.1 Å². The minimum absolute atomic E-state index is 0.584. The van der Waals surface area contributed by atoms with E-state index in [0.29, 0.717) is 0 Å². The fourth-order valence-electron chi connectivity index (χ4n) is 1.70. The van der Waals surface area contributed by atoms with E-state index in [-0.39, 0.29) is 0 Å². The molecule has 1 aromatic carbocycles. The monoisotopic (exact) mass is 238 g/mol. The molecule has 0 atom stereocenters. The maximum Gasteiger partial charge on any atom is 0.0769 e. The zero-order valence-corrected chi connectivity index (χ0v) is 11.4. The molecule has 0 radical (unpaired) electrons. The molecular formula is C16H18N2. The van der Waals surface area contributed by atoms with E-state index in [0.717, 1.165) is 11.1 Å². The Morgan fingerprint density at radius 2 is 1.56 bits per heavy atom. The van der Waals surface area contributed by atoms with Crippen molar-refractivity contribution in [2.45, 2.75) is 27.7 Å². The van der Waals surface area contributed by atoms with E-state index in [2.05, 4.69) is 12.1 Å². The van der Waals surface area contributed by atoms with Crippen molar-refractivity contribution in [2.24, 2.45) is 10.8 Å². The molecule has 0 aliphatic carbocycles. The lowest BCUT2D eigenvalue weighted by molar-refractivity contribution is 0.614. The molecule has 1 rings (SSSR count). The van der Waals surface area contributed by atoms with Crippen LogP contribution in [0.5, 0.6) is 0 Å². The van der Waals surface area contributed by atoms with Crippen molar-refractivity contribution < 1.29 is 0 Å². The van der Waals surface area contributed by atoms with Gasteiger partial charge in [0, 0.05) is 0 Å². The Bertz CT molecular complexity index is 522. The largest absolute Gasteiger partial charge is 0.197 e. The maximum atomic E-state index is 9.32. The van der Waals surface area contributed by atoms with Gasteiger partial charge in [0.25, 0.3) is 0 Å². The van der Waals surface area contributed by atoms with Crippen molar-refractivity contribution in [1.29, 1.82) is 10.5 Å². The lowest BCUT2D eigenvalue weighted by atomic mass is 9.77. The molecule has 0 aliphatic rings. The molecule has 0 heterocycles. The highest BCUT2D eigenvalue weighted by atomic mass is 14.4. The van der Waals surface area contributed by atoms with E-state index in [1.807, 2.05) is 64.1 Å². The molecule has 1 aromatic rings. The van der Waals surface area contributed by atoms with Crippen molar-refractivity contribution in [3.05, 3.63) is 42.0 Å². The molecule has 0 unspecified atom stereocenters. The molecule has 0 aliphatic heterocycles. The first kappa shape index (κ1) is 14.0. The summed E-state index contributed by atoms with van der Waals surface area (Å²) >= 11 is 0. The SMILES string of the molecule is CC(C)(C#N)C=C(c1ccccc1)C(C)(C)C#N. The number of nitriles is 2. The Morgan fingerprint density at radius 3 is 2.00 bits per heavy atom. The highest BCUT2D eigenvalue weighted by Gasteiger charge is 2.27. The summed E-state index contributed by atoms with van der Waals surface area (Å²) in [5.41, 5.74) is 0.693. The zero-order chi connectivity index (χ0) is 13.8. The van der Waals surface area contributed by atoms with Crippen molar-refractivity contribution in [1.82, 2.24) is 0 Å². The Kier molecular flexibility index (Phi) is 3.94. The third kappa shape index (κ3) is 3.22. The molecule has 0 saturated carbocycles. The molecule has 0 N–H and O–H groups in total. The highest BCUT2D eigenvalue weighted by molar-refractivity contribution is 5.73. The Hall–Kier alpha value is -2.06. The van der Waals surface area contributed by atoms with Crippen molar-refractivity contribution >= 4 is 5.57 Å². The van der Waals surface area contributed by atoms with Gasteiger partial charge in [-0.25, -0.2) is 0 Å². The Morgan fingerprint density at radius 1 is 1.00 bits per heavy atom. The van der Waals surface area contributed by atoms with Crippen molar-refractivity contribution in [3.63, 3.8) is 0 Å². The summed E-state index contributed by atoms with van der Waals surface area (Å²) in [5.74, 6) is 0. The molecule has 2 nitrogen and oxygen atoms in total. The van der Waals surface area contributed by atoms with Crippen LogP contribution in [0.25, 0.3) is 5.57 Å². The number of benzene rings is 1. The molecule has 0 spiro atoms. The number of allylic oxidation sites excluding steroid dienone is 2. The maximum absolute atomic E-state index is 9.32. The highest BCUT2D eigenvalue weighted by Crippen LogP contribution is 2.37. The fraction of sp³-hybridized carbons (Fsp3) is 0.375. The quantitative estimate of drug-likeness (QED) is 0.793. The van der Waals surface area contributed by atoms with Crippen LogP contribution in [0.1, 0.15) is 33.3 Å². The molecule has 0 fully saturated rings. The summed E-state index contributed by atoms with van der Waals surface area (Å²) in [6.07, 6.45) is 1.89. The molecule has 2 heteroatoms. The molecule has 18 heavy (non-hydrogen) atoms. The summed E-state index contributed by atoms with van der Waals surface area (Å²) in [4.78, 5) is 0. The van der Waals surface area contributed by atoms with Gasteiger partial charge >= 0.3 is 0 Å². The van der Waals surface area contributed by atoms with E-state index < -0.39 is 10.8 Å². The number of rotatable bonds is 3. The number of nitrogens with zero attached hydrogens (tertiary/aromatic N) is 2. The van der Waals surface area contributed by atoms with Crippen LogP contribution in [-0.2, 0) is 0 Å². The number of hydrogen-bond donors (Lipinski definition) is 0. The van der Waals surface area contributed by atoms with E-state index in [1.165, 1.54) is 0 Å². The van der Waals surface area contributed by atoms with Crippen LogP contribution < -0.4 is 0 Å². The second-order valence-corrected chi connectivity index (χ2v) is 5.49. The van der Waals surface area contributed by atoms with Crippen LogP contribution in [0.4, 0.5) is 0 Å². The molecule has 0 saturated heterocycles. The van der Waals surface area contributed by atoms with Crippen LogP contribution in [-0.4, -0.2) is 0 Å². The normalized spacial score (nSPS) is 12.7. The lowest BCUT2D eigenvalue weighted by Gasteiger charge is -2.23. The Balaban J connectivity index is 3.41. The summed E-state index contributed by atoms with van der Waals surface area (Å²) in [5, 5.41) is 18.5. The predicted octanol–water partition coefficient (Wildman–Crippen LogP) is 4.17. The lowest BCUT2D eigenvalue weighted by Crippen LogP contribution is -2.15. The molecule has 0 bridgehead atoms. The summed E-state index contributed by atoms with van der Waals surface area (Å²) < 4.78 is 0. The van der Waals surface area contributed by atoms with Crippen LogP contribution in [0.15, 0.2) is 36.4 Å².